The Bertz CT molecular complexity index is 599. The van der Waals surface area contributed by atoms with Crippen LogP contribution in [0.15, 0.2) is 15.8 Å². The Morgan fingerprint density at radius 2 is 2.33 bits per heavy atom. The molecule has 0 saturated carbocycles. The first-order chi connectivity index (χ1) is 8.58. The van der Waals surface area contributed by atoms with Gasteiger partial charge in [-0.3, -0.25) is 4.79 Å². The van der Waals surface area contributed by atoms with Crippen LogP contribution in [0.2, 0.25) is 0 Å². The zero-order valence-corrected chi connectivity index (χ0v) is 9.24. The molecule has 8 nitrogen and oxygen atoms in total. The number of H-pyrrole nitrogens is 1. The minimum absolute atomic E-state index is 0.00307. The fourth-order valence-electron chi connectivity index (χ4n) is 1.87. The van der Waals surface area contributed by atoms with Gasteiger partial charge in [0.2, 0.25) is 0 Å². The molecule has 2 heterocycles. The number of hydrogen-bond donors (Lipinski definition) is 3. The zero-order chi connectivity index (χ0) is 13.3. The van der Waals surface area contributed by atoms with Crippen molar-refractivity contribution in [3.05, 3.63) is 32.6 Å². The fourth-order valence-corrected chi connectivity index (χ4v) is 1.87. The highest BCUT2D eigenvalue weighted by atomic mass is 16.5. The second kappa shape index (κ2) is 4.73. The molecule has 1 aromatic heterocycles. The highest BCUT2D eigenvalue weighted by Crippen LogP contribution is 2.26. The van der Waals surface area contributed by atoms with E-state index < -0.39 is 36.3 Å². The average molecular weight is 253 g/mol. The molecule has 1 aromatic rings. The van der Waals surface area contributed by atoms with Crippen molar-refractivity contribution in [2.75, 3.05) is 6.61 Å². The van der Waals surface area contributed by atoms with E-state index in [1.165, 1.54) is 0 Å². The molecule has 18 heavy (non-hydrogen) atoms. The summed E-state index contributed by atoms with van der Waals surface area (Å²) in [7, 11) is 0. The SMILES string of the molecule is N#Cc1c[nH]c(=O)n([C@H]2C[C@H](O)[C@@H](CO)O2)c1=O. The maximum Gasteiger partial charge on any atom is 0.330 e. The Morgan fingerprint density at radius 3 is 2.89 bits per heavy atom. The summed E-state index contributed by atoms with van der Waals surface area (Å²) in [6.07, 6.45) is -1.76. The molecule has 0 aliphatic carbocycles. The van der Waals surface area contributed by atoms with Gasteiger partial charge >= 0.3 is 5.69 Å². The minimum atomic E-state index is -0.985. The number of ether oxygens (including phenoxy) is 1. The summed E-state index contributed by atoms with van der Waals surface area (Å²) in [6, 6.07) is 1.65. The summed E-state index contributed by atoms with van der Waals surface area (Å²) in [5, 5.41) is 27.2. The molecule has 3 N–H and O–H groups in total. The molecule has 0 bridgehead atoms. The normalized spacial score (nSPS) is 27.1. The third-order valence-corrected chi connectivity index (χ3v) is 2.80. The maximum atomic E-state index is 11.8. The number of aliphatic hydroxyl groups is 2. The second-order valence-electron chi connectivity index (χ2n) is 3.91. The van der Waals surface area contributed by atoms with Gasteiger partial charge in [0.1, 0.15) is 24.0 Å². The van der Waals surface area contributed by atoms with Crippen LogP contribution < -0.4 is 11.2 Å². The van der Waals surface area contributed by atoms with E-state index in [0.717, 1.165) is 10.8 Å². The number of aromatic amines is 1. The molecule has 8 heteroatoms. The summed E-state index contributed by atoms with van der Waals surface area (Å²) in [5.41, 5.74) is -1.73. The van der Waals surface area contributed by atoms with Gasteiger partial charge in [0.15, 0.2) is 0 Å². The smallest absolute Gasteiger partial charge is 0.330 e. The first-order valence-electron chi connectivity index (χ1n) is 5.27. The number of hydrogen-bond acceptors (Lipinski definition) is 6. The largest absolute Gasteiger partial charge is 0.394 e. The van der Waals surface area contributed by atoms with Crippen molar-refractivity contribution in [3.8, 4) is 6.07 Å². The number of aliphatic hydroxyl groups excluding tert-OH is 2. The van der Waals surface area contributed by atoms with Crippen LogP contribution in [0, 0.1) is 11.3 Å². The lowest BCUT2D eigenvalue weighted by atomic mass is 10.2. The van der Waals surface area contributed by atoms with E-state index in [4.69, 9.17) is 15.1 Å². The van der Waals surface area contributed by atoms with E-state index in [2.05, 4.69) is 4.98 Å². The van der Waals surface area contributed by atoms with Gasteiger partial charge in [0.05, 0.1) is 12.7 Å². The Morgan fingerprint density at radius 1 is 1.61 bits per heavy atom. The highest BCUT2D eigenvalue weighted by molar-refractivity contribution is 5.21. The van der Waals surface area contributed by atoms with Gasteiger partial charge in [-0.1, -0.05) is 0 Å². The molecule has 3 atom stereocenters. The van der Waals surface area contributed by atoms with E-state index in [-0.39, 0.29) is 12.0 Å². The average Bonchev–Trinajstić information content (AvgIpc) is 2.70. The summed E-state index contributed by atoms with van der Waals surface area (Å²) >= 11 is 0. The first-order valence-corrected chi connectivity index (χ1v) is 5.27. The van der Waals surface area contributed by atoms with E-state index in [1.807, 2.05) is 0 Å². The highest BCUT2D eigenvalue weighted by Gasteiger charge is 2.36. The van der Waals surface area contributed by atoms with Crippen molar-refractivity contribution >= 4 is 0 Å². The number of rotatable bonds is 2. The van der Waals surface area contributed by atoms with Crippen LogP contribution in [-0.4, -0.2) is 38.6 Å². The summed E-state index contributed by atoms with van der Waals surface area (Å²) in [6.45, 7) is -0.414. The molecular weight excluding hydrogens is 242 g/mol. The van der Waals surface area contributed by atoms with Crippen LogP contribution in [0.1, 0.15) is 18.2 Å². The Balaban J connectivity index is 2.45. The van der Waals surface area contributed by atoms with Gasteiger partial charge in [0, 0.05) is 12.6 Å². The van der Waals surface area contributed by atoms with Crippen molar-refractivity contribution in [3.63, 3.8) is 0 Å². The van der Waals surface area contributed by atoms with Crippen LogP contribution in [-0.2, 0) is 4.74 Å². The molecule has 1 aliphatic rings. The summed E-state index contributed by atoms with van der Waals surface area (Å²) in [4.78, 5) is 25.6. The van der Waals surface area contributed by atoms with Gasteiger partial charge in [-0.15, -0.1) is 0 Å². The predicted molar refractivity (Wildman–Crippen MR) is 57.7 cm³/mol. The van der Waals surface area contributed by atoms with Crippen molar-refractivity contribution in [2.45, 2.75) is 24.9 Å². The number of nitrogens with zero attached hydrogens (tertiary/aromatic N) is 2. The Labute approximate surface area is 101 Å². The molecule has 0 radical (unpaired) electrons. The van der Waals surface area contributed by atoms with Crippen LogP contribution in [0.4, 0.5) is 0 Å². The number of nitrogens with one attached hydrogen (secondary N) is 1. The third-order valence-electron chi connectivity index (χ3n) is 2.80. The Hall–Kier alpha value is -1.95. The first kappa shape index (κ1) is 12.5. The maximum absolute atomic E-state index is 11.8. The molecule has 2 rings (SSSR count). The van der Waals surface area contributed by atoms with Crippen molar-refractivity contribution in [2.24, 2.45) is 0 Å². The molecular formula is C10H11N3O5. The van der Waals surface area contributed by atoms with Crippen LogP contribution in [0.3, 0.4) is 0 Å². The van der Waals surface area contributed by atoms with Crippen LogP contribution >= 0.6 is 0 Å². The van der Waals surface area contributed by atoms with Crippen molar-refractivity contribution < 1.29 is 14.9 Å². The van der Waals surface area contributed by atoms with Gasteiger partial charge in [0.25, 0.3) is 5.56 Å². The monoisotopic (exact) mass is 253 g/mol. The molecule has 0 aromatic carbocycles. The van der Waals surface area contributed by atoms with Gasteiger partial charge in [-0.25, -0.2) is 9.36 Å². The van der Waals surface area contributed by atoms with Gasteiger partial charge < -0.3 is 19.9 Å². The molecule has 1 aliphatic heterocycles. The Kier molecular flexibility index (Phi) is 3.29. The minimum Gasteiger partial charge on any atom is -0.394 e. The van der Waals surface area contributed by atoms with Crippen LogP contribution in [0.5, 0.6) is 0 Å². The van der Waals surface area contributed by atoms with Crippen molar-refractivity contribution in [1.29, 1.82) is 5.26 Å². The van der Waals surface area contributed by atoms with Gasteiger partial charge in [-0.05, 0) is 0 Å². The van der Waals surface area contributed by atoms with Gasteiger partial charge in [-0.2, -0.15) is 5.26 Å². The standard InChI is InChI=1S/C10H11N3O5/c11-2-5-3-12-10(17)13(9(5)16)8-1-6(15)7(4-14)18-8/h3,6-8,14-15H,1,4H2,(H,12,17)/t6-,7+,8+/m0/s1. The second-order valence-corrected chi connectivity index (χ2v) is 3.91. The van der Waals surface area contributed by atoms with E-state index >= 15 is 0 Å². The lowest BCUT2D eigenvalue weighted by Crippen LogP contribution is -2.39. The van der Waals surface area contributed by atoms with E-state index in [1.54, 1.807) is 6.07 Å². The number of nitriles is 1. The molecule has 1 saturated heterocycles. The molecule has 96 valence electrons. The lowest BCUT2D eigenvalue weighted by molar-refractivity contribution is -0.0469. The molecule has 0 amide bonds. The quantitative estimate of drug-likeness (QED) is 0.562. The van der Waals surface area contributed by atoms with Crippen molar-refractivity contribution in [1.82, 2.24) is 9.55 Å². The zero-order valence-electron chi connectivity index (χ0n) is 9.24. The predicted octanol–water partition coefficient (Wildman–Crippen LogP) is -1.95. The lowest BCUT2D eigenvalue weighted by Gasteiger charge is -2.13. The fraction of sp³-hybridized carbons (Fsp3) is 0.500. The van der Waals surface area contributed by atoms with Crippen LogP contribution in [0.25, 0.3) is 0 Å². The van der Waals surface area contributed by atoms with E-state index in [0.29, 0.717) is 0 Å². The molecule has 1 fully saturated rings. The summed E-state index contributed by atoms with van der Waals surface area (Å²) < 4.78 is 5.94. The number of aromatic nitrogens is 2. The summed E-state index contributed by atoms with van der Waals surface area (Å²) in [5.74, 6) is 0. The molecule has 0 spiro atoms. The topological polar surface area (TPSA) is 128 Å². The van der Waals surface area contributed by atoms with E-state index in [9.17, 15) is 14.7 Å². The third kappa shape index (κ3) is 1.95. The molecule has 0 unspecified atom stereocenters.